The van der Waals surface area contributed by atoms with E-state index in [0.29, 0.717) is 23.4 Å². The molecule has 2 heterocycles. The molecule has 1 saturated heterocycles. The van der Waals surface area contributed by atoms with Crippen molar-refractivity contribution in [3.05, 3.63) is 94.7 Å². The summed E-state index contributed by atoms with van der Waals surface area (Å²) in [6.07, 6.45) is 1.77. The number of aromatic hydroxyl groups is 1. The lowest BCUT2D eigenvalue weighted by molar-refractivity contribution is 0.101. The first-order valence-corrected chi connectivity index (χ1v) is 12.0. The summed E-state index contributed by atoms with van der Waals surface area (Å²) in [5, 5.41) is 10.6. The number of rotatable bonds is 6. The molecule has 0 unspecified atom stereocenters. The molecule has 0 aliphatic carbocycles. The molecule has 0 amide bonds. The van der Waals surface area contributed by atoms with Gasteiger partial charge in [-0.3, -0.25) is 14.6 Å². The van der Waals surface area contributed by atoms with E-state index in [4.69, 9.17) is 4.74 Å². The van der Waals surface area contributed by atoms with E-state index < -0.39 is 0 Å². The Morgan fingerprint density at radius 3 is 2.20 bits per heavy atom. The second kappa shape index (κ2) is 9.94. The minimum Gasteiger partial charge on any atom is -0.507 e. The van der Waals surface area contributed by atoms with Crippen molar-refractivity contribution >= 4 is 17.5 Å². The minimum atomic E-state index is -0.148. The van der Waals surface area contributed by atoms with Gasteiger partial charge in [0.05, 0.1) is 11.1 Å². The van der Waals surface area contributed by atoms with Crippen LogP contribution in [-0.2, 0) is 13.1 Å². The fraction of sp³-hybridized carbons (Fsp3) is 0.276. The van der Waals surface area contributed by atoms with Crippen LogP contribution in [0.5, 0.6) is 11.5 Å². The average molecular weight is 470 g/mol. The SMILES string of the molecule is CN(C)c1ccc(/C=C2\Oc3c(ccc(O)c3CN3CCN(Cc4ccccc4)CC3)C2=O)cc1. The predicted octanol–water partition coefficient (Wildman–Crippen LogP) is 4.39. The first-order chi connectivity index (χ1) is 17.0. The van der Waals surface area contributed by atoms with Gasteiger partial charge in [-0.15, -0.1) is 0 Å². The van der Waals surface area contributed by atoms with Gasteiger partial charge < -0.3 is 14.7 Å². The molecule has 6 heteroatoms. The summed E-state index contributed by atoms with van der Waals surface area (Å²) in [6.45, 7) is 5.20. The molecule has 0 saturated carbocycles. The number of benzene rings is 3. The summed E-state index contributed by atoms with van der Waals surface area (Å²) >= 11 is 0. The van der Waals surface area contributed by atoms with E-state index in [0.717, 1.165) is 44.0 Å². The van der Waals surface area contributed by atoms with Crippen LogP contribution in [-0.4, -0.2) is 61.0 Å². The maximum Gasteiger partial charge on any atom is 0.231 e. The van der Waals surface area contributed by atoms with Gasteiger partial charge in [-0.1, -0.05) is 42.5 Å². The van der Waals surface area contributed by atoms with Crippen molar-refractivity contribution in [1.29, 1.82) is 0 Å². The third-order valence-electron chi connectivity index (χ3n) is 6.72. The number of phenolic OH excluding ortho intramolecular Hbond substituents is 1. The summed E-state index contributed by atoms with van der Waals surface area (Å²) < 4.78 is 6.06. The zero-order chi connectivity index (χ0) is 24.4. The second-order valence-electron chi connectivity index (χ2n) is 9.40. The number of anilines is 1. The summed E-state index contributed by atoms with van der Waals surface area (Å²) in [5.74, 6) is 0.792. The van der Waals surface area contributed by atoms with Gasteiger partial charge in [-0.25, -0.2) is 0 Å². The van der Waals surface area contributed by atoms with Crippen molar-refractivity contribution in [3.8, 4) is 11.5 Å². The smallest absolute Gasteiger partial charge is 0.231 e. The van der Waals surface area contributed by atoms with E-state index in [1.165, 1.54) is 5.56 Å². The number of nitrogens with zero attached hydrogens (tertiary/aromatic N) is 3. The van der Waals surface area contributed by atoms with Crippen molar-refractivity contribution in [3.63, 3.8) is 0 Å². The van der Waals surface area contributed by atoms with Crippen LogP contribution in [0.3, 0.4) is 0 Å². The van der Waals surface area contributed by atoms with Crippen LogP contribution in [0.25, 0.3) is 6.08 Å². The van der Waals surface area contributed by atoms with Gasteiger partial charge in [-0.05, 0) is 41.5 Å². The number of piperazine rings is 1. The maximum atomic E-state index is 13.0. The molecule has 0 bridgehead atoms. The van der Waals surface area contributed by atoms with Gasteiger partial charge >= 0.3 is 0 Å². The molecule has 0 radical (unpaired) electrons. The van der Waals surface area contributed by atoms with Crippen molar-refractivity contribution in [2.45, 2.75) is 13.1 Å². The highest BCUT2D eigenvalue weighted by molar-refractivity contribution is 6.15. The number of hydrogen-bond acceptors (Lipinski definition) is 6. The quantitative estimate of drug-likeness (QED) is 0.541. The highest BCUT2D eigenvalue weighted by atomic mass is 16.5. The molecule has 2 aliphatic rings. The van der Waals surface area contributed by atoms with E-state index in [1.807, 2.05) is 49.3 Å². The number of hydrogen-bond donors (Lipinski definition) is 1. The van der Waals surface area contributed by atoms with E-state index in [9.17, 15) is 9.90 Å². The molecule has 0 aromatic heterocycles. The molecule has 1 N–H and O–H groups in total. The molecular formula is C29H31N3O3. The Morgan fingerprint density at radius 1 is 0.886 bits per heavy atom. The lowest BCUT2D eigenvalue weighted by atomic mass is 10.0. The average Bonchev–Trinajstić information content (AvgIpc) is 3.18. The highest BCUT2D eigenvalue weighted by Gasteiger charge is 2.32. The third-order valence-corrected chi connectivity index (χ3v) is 6.72. The summed E-state index contributed by atoms with van der Waals surface area (Å²) in [4.78, 5) is 19.8. The molecule has 3 aromatic carbocycles. The second-order valence-corrected chi connectivity index (χ2v) is 9.40. The minimum absolute atomic E-state index is 0.148. The molecule has 0 atom stereocenters. The van der Waals surface area contributed by atoms with Crippen molar-refractivity contribution < 1.29 is 14.6 Å². The fourth-order valence-electron chi connectivity index (χ4n) is 4.64. The number of allylic oxidation sites excluding steroid dienone is 1. The predicted molar refractivity (Wildman–Crippen MR) is 139 cm³/mol. The van der Waals surface area contributed by atoms with Gasteiger partial charge in [0.15, 0.2) is 5.76 Å². The standard InChI is InChI=1S/C29H31N3O3/c1-30(2)23-10-8-21(9-11-23)18-27-28(34)24-12-13-26(33)25(29(24)35-27)20-32-16-14-31(15-17-32)19-22-6-4-3-5-7-22/h3-13,18,33H,14-17,19-20H2,1-2H3/b27-18-. The zero-order valence-electron chi connectivity index (χ0n) is 20.3. The summed E-state index contributed by atoms with van der Waals surface area (Å²) in [5.41, 5.74) is 4.50. The number of fused-ring (bicyclic) bond motifs is 1. The van der Waals surface area contributed by atoms with Crippen LogP contribution in [0.4, 0.5) is 5.69 Å². The van der Waals surface area contributed by atoms with Crippen molar-refractivity contribution in [1.82, 2.24) is 9.80 Å². The Hall–Kier alpha value is -3.61. The van der Waals surface area contributed by atoms with E-state index in [-0.39, 0.29) is 17.3 Å². The van der Waals surface area contributed by atoms with Crippen molar-refractivity contribution in [2.75, 3.05) is 45.2 Å². The number of ether oxygens (including phenoxy) is 1. The van der Waals surface area contributed by atoms with Crippen LogP contribution in [0.15, 0.2) is 72.5 Å². The highest BCUT2D eigenvalue weighted by Crippen LogP contribution is 2.40. The molecule has 0 spiro atoms. The lowest BCUT2D eigenvalue weighted by Crippen LogP contribution is -2.45. The van der Waals surface area contributed by atoms with Gasteiger partial charge in [0.2, 0.25) is 5.78 Å². The fourth-order valence-corrected chi connectivity index (χ4v) is 4.64. The van der Waals surface area contributed by atoms with Gasteiger partial charge in [0.1, 0.15) is 11.5 Å². The van der Waals surface area contributed by atoms with Crippen LogP contribution in [0, 0.1) is 0 Å². The molecule has 5 rings (SSSR count). The third kappa shape index (κ3) is 5.09. The number of phenols is 1. The van der Waals surface area contributed by atoms with Crippen LogP contribution >= 0.6 is 0 Å². The number of ketones is 1. The van der Waals surface area contributed by atoms with Gasteiger partial charge in [0.25, 0.3) is 0 Å². The van der Waals surface area contributed by atoms with Gasteiger partial charge in [-0.2, -0.15) is 0 Å². The Kier molecular flexibility index (Phi) is 6.57. The Morgan fingerprint density at radius 2 is 1.54 bits per heavy atom. The Labute approximate surface area is 206 Å². The summed E-state index contributed by atoms with van der Waals surface area (Å²) in [6, 6.07) is 21.7. The van der Waals surface area contributed by atoms with Crippen molar-refractivity contribution in [2.24, 2.45) is 0 Å². The van der Waals surface area contributed by atoms with E-state index >= 15 is 0 Å². The largest absolute Gasteiger partial charge is 0.507 e. The topological polar surface area (TPSA) is 56.3 Å². The molecular weight excluding hydrogens is 438 g/mol. The number of carbonyl (C=O) groups is 1. The molecule has 2 aliphatic heterocycles. The molecule has 1 fully saturated rings. The van der Waals surface area contributed by atoms with Crippen LogP contribution < -0.4 is 9.64 Å². The lowest BCUT2D eigenvalue weighted by Gasteiger charge is -2.35. The van der Waals surface area contributed by atoms with Gasteiger partial charge in [0, 0.05) is 59.1 Å². The Balaban J connectivity index is 1.28. The monoisotopic (exact) mass is 469 g/mol. The molecule has 35 heavy (non-hydrogen) atoms. The molecule has 180 valence electrons. The summed E-state index contributed by atoms with van der Waals surface area (Å²) in [7, 11) is 3.98. The van der Waals surface area contributed by atoms with Crippen LogP contribution in [0.1, 0.15) is 27.0 Å². The Bertz CT molecular complexity index is 1230. The zero-order valence-corrected chi connectivity index (χ0v) is 20.3. The van der Waals surface area contributed by atoms with E-state index in [1.54, 1.807) is 18.2 Å². The van der Waals surface area contributed by atoms with Crippen LogP contribution in [0.2, 0.25) is 0 Å². The molecule has 6 nitrogen and oxygen atoms in total. The maximum absolute atomic E-state index is 13.0. The van der Waals surface area contributed by atoms with E-state index in [2.05, 4.69) is 34.1 Å². The number of carbonyl (C=O) groups excluding carboxylic acids is 1. The first-order valence-electron chi connectivity index (χ1n) is 12.0. The molecule has 3 aromatic rings. The number of Topliss-reactive ketones (excluding diaryl/α,β-unsaturated/α-hetero) is 1. The normalized spacial score (nSPS) is 17.4. The first kappa shape index (κ1) is 23.1.